The Hall–Kier alpha value is -3.23. The summed E-state index contributed by atoms with van der Waals surface area (Å²) in [7, 11) is 0. The minimum atomic E-state index is 0.130. The van der Waals surface area contributed by atoms with E-state index in [1.165, 1.54) is 21.5 Å². The molecule has 6 aromatic rings. The van der Waals surface area contributed by atoms with Crippen LogP contribution < -0.4 is 5.43 Å². The molecule has 0 atom stereocenters. The van der Waals surface area contributed by atoms with Gasteiger partial charge in [-0.25, -0.2) is 0 Å². The molecular weight excluding hydrogens is 348 g/mol. The highest BCUT2D eigenvalue weighted by molar-refractivity contribution is 7.24. The summed E-state index contributed by atoms with van der Waals surface area (Å²) >= 11 is 1.69. The number of rotatable bonds is 0. The summed E-state index contributed by atoms with van der Waals surface area (Å²) in [5.41, 5.74) is 0.130. The van der Waals surface area contributed by atoms with Crippen LogP contribution in [-0.4, -0.2) is 0 Å². The van der Waals surface area contributed by atoms with Gasteiger partial charge in [-0.2, -0.15) is 0 Å². The van der Waals surface area contributed by atoms with Gasteiger partial charge >= 0.3 is 0 Å². The van der Waals surface area contributed by atoms with E-state index in [2.05, 4.69) is 60.7 Å². The molecule has 0 aliphatic rings. The maximum Gasteiger partial charge on any atom is 0.196 e. The zero-order valence-electron chi connectivity index (χ0n) is 14.4. The smallest absolute Gasteiger partial charge is 0.196 e. The average molecular weight is 362 g/mol. The van der Waals surface area contributed by atoms with Crippen molar-refractivity contribution in [2.75, 3.05) is 0 Å². The third kappa shape index (κ3) is 2.08. The van der Waals surface area contributed by atoms with Crippen LogP contribution >= 0.6 is 11.3 Å². The zero-order chi connectivity index (χ0) is 18.0. The molecule has 0 fully saturated rings. The van der Waals surface area contributed by atoms with Crippen LogP contribution in [0, 0.1) is 0 Å². The molecule has 0 aliphatic carbocycles. The van der Waals surface area contributed by atoms with Gasteiger partial charge in [0.1, 0.15) is 0 Å². The Kier molecular flexibility index (Phi) is 2.97. The molecule has 2 heteroatoms. The first kappa shape index (κ1) is 14.9. The Morgan fingerprint density at radius 1 is 0.519 bits per heavy atom. The Labute approximate surface area is 159 Å². The Morgan fingerprint density at radius 3 is 2.15 bits per heavy atom. The third-order valence-electron chi connectivity index (χ3n) is 5.42. The number of fused-ring (bicyclic) bond motifs is 7. The van der Waals surface area contributed by atoms with E-state index in [4.69, 9.17) is 0 Å². The van der Waals surface area contributed by atoms with Gasteiger partial charge in [0.15, 0.2) is 5.43 Å². The summed E-state index contributed by atoms with van der Waals surface area (Å²) in [6, 6.07) is 29.3. The van der Waals surface area contributed by atoms with Gasteiger partial charge in [0, 0.05) is 20.2 Å². The predicted octanol–water partition coefficient (Wildman–Crippen LogP) is 6.87. The fourth-order valence-electron chi connectivity index (χ4n) is 4.13. The quantitative estimate of drug-likeness (QED) is 0.213. The SMILES string of the molecule is O=c1c2ccccc2sc2ccc3c4cc5ccccc5cc4ccc3c12. The molecule has 5 aromatic carbocycles. The molecule has 27 heavy (non-hydrogen) atoms. The Balaban J connectivity index is 1.85. The largest absolute Gasteiger partial charge is 0.288 e. The molecule has 0 radical (unpaired) electrons. The summed E-state index contributed by atoms with van der Waals surface area (Å²) in [6.45, 7) is 0. The number of hydrogen-bond acceptors (Lipinski definition) is 2. The van der Waals surface area contributed by atoms with Crippen molar-refractivity contribution in [3.05, 3.63) is 95.2 Å². The van der Waals surface area contributed by atoms with Crippen molar-refractivity contribution in [1.29, 1.82) is 0 Å². The summed E-state index contributed by atoms with van der Waals surface area (Å²) < 4.78 is 2.09. The number of hydrogen-bond donors (Lipinski definition) is 0. The summed E-state index contributed by atoms with van der Waals surface area (Å²) in [4.78, 5) is 13.3. The Morgan fingerprint density at radius 2 is 1.26 bits per heavy atom. The molecule has 1 aromatic heterocycles. The second kappa shape index (κ2) is 5.38. The lowest BCUT2D eigenvalue weighted by atomic mass is 9.96. The molecule has 0 amide bonds. The lowest BCUT2D eigenvalue weighted by molar-refractivity contribution is 1.77. The van der Waals surface area contributed by atoms with E-state index in [0.29, 0.717) is 0 Å². The van der Waals surface area contributed by atoms with Gasteiger partial charge < -0.3 is 0 Å². The summed E-state index contributed by atoms with van der Waals surface area (Å²) in [5, 5.41) is 8.70. The van der Waals surface area contributed by atoms with Crippen molar-refractivity contribution in [3.63, 3.8) is 0 Å². The van der Waals surface area contributed by atoms with Gasteiger partial charge in [0.25, 0.3) is 0 Å². The average Bonchev–Trinajstić information content (AvgIpc) is 2.72. The van der Waals surface area contributed by atoms with Crippen molar-refractivity contribution in [2.24, 2.45) is 0 Å². The predicted molar refractivity (Wildman–Crippen MR) is 118 cm³/mol. The molecule has 126 valence electrons. The van der Waals surface area contributed by atoms with E-state index in [-0.39, 0.29) is 5.43 Å². The second-order valence-electron chi connectivity index (χ2n) is 6.95. The first-order valence-corrected chi connectivity index (χ1v) is 9.81. The molecule has 6 rings (SSSR count). The lowest BCUT2D eigenvalue weighted by Gasteiger charge is -2.09. The van der Waals surface area contributed by atoms with Gasteiger partial charge in [-0.05, 0) is 62.6 Å². The van der Waals surface area contributed by atoms with Crippen LogP contribution in [0.5, 0.6) is 0 Å². The highest BCUT2D eigenvalue weighted by Crippen LogP contribution is 2.35. The summed E-state index contributed by atoms with van der Waals surface area (Å²) in [6.07, 6.45) is 0. The minimum absolute atomic E-state index is 0.130. The van der Waals surface area contributed by atoms with Crippen molar-refractivity contribution in [1.82, 2.24) is 0 Å². The standard InChI is InChI=1S/C25H14OS/c26-25-20-7-3-4-8-22(20)27-23-12-11-18-19(24(23)25)10-9-17-13-15-5-1-2-6-16(15)14-21(17)18/h1-14H. The summed E-state index contributed by atoms with van der Waals surface area (Å²) in [5.74, 6) is 0. The van der Waals surface area contributed by atoms with Crippen LogP contribution in [0.4, 0.5) is 0 Å². The fraction of sp³-hybridized carbons (Fsp3) is 0. The topological polar surface area (TPSA) is 17.1 Å². The molecule has 0 bridgehead atoms. The third-order valence-corrected chi connectivity index (χ3v) is 6.56. The monoisotopic (exact) mass is 362 g/mol. The Bertz CT molecular complexity index is 1590. The molecule has 0 unspecified atom stereocenters. The molecule has 0 spiro atoms. The lowest BCUT2D eigenvalue weighted by Crippen LogP contribution is -2.01. The van der Waals surface area contributed by atoms with Crippen LogP contribution in [0.1, 0.15) is 0 Å². The highest BCUT2D eigenvalue weighted by atomic mass is 32.1. The maximum absolute atomic E-state index is 13.3. The maximum atomic E-state index is 13.3. The second-order valence-corrected chi connectivity index (χ2v) is 8.03. The van der Waals surface area contributed by atoms with Crippen LogP contribution in [0.15, 0.2) is 89.7 Å². The van der Waals surface area contributed by atoms with Gasteiger partial charge in [-0.15, -0.1) is 11.3 Å². The van der Waals surface area contributed by atoms with E-state index in [9.17, 15) is 4.79 Å². The molecule has 1 nitrogen and oxygen atoms in total. The fourth-order valence-corrected chi connectivity index (χ4v) is 5.22. The normalized spacial score (nSPS) is 11.9. The van der Waals surface area contributed by atoms with Crippen molar-refractivity contribution < 1.29 is 0 Å². The molecule has 0 N–H and O–H groups in total. The van der Waals surface area contributed by atoms with E-state index in [1.807, 2.05) is 24.3 Å². The van der Waals surface area contributed by atoms with E-state index in [0.717, 1.165) is 30.9 Å². The van der Waals surface area contributed by atoms with Crippen LogP contribution in [-0.2, 0) is 0 Å². The molecule has 1 heterocycles. The van der Waals surface area contributed by atoms with E-state index < -0.39 is 0 Å². The van der Waals surface area contributed by atoms with Crippen molar-refractivity contribution in [3.8, 4) is 0 Å². The van der Waals surface area contributed by atoms with Gasteiger partial charge in [-0.1, -0.05) is 54.6 Å². The zero-order valence-corrected chi connectivity index (χ0v) is 15.2. The van der Waals surface area contributed by atoms with Crippen molar-refractivity contribution in [2.45, 2.75) is 0 Å². The van der Waals surface area contributed by atoms with E-state index in [1.54, 1.807) is 11.3 Å². The number of benzene rings is 5. The van der Waals surface area contributed by atoms with Gasteiger partial charge in [0.05, 0.1) is 0 Å². The van der Waals surface area contributed by atoms with Crippen LogP contribution in [0.25, 0.3) is 52.5 Å². The van der Waals surface area contributed by atoms with Crippen LogP contribution in [0.3, 0.4) is 0 Å². The first-order chi connectivity index (χ1) is 13.3. The highest BCUT2D eigenvalue weighted by Gasteiger charge is 2.11. The van der Waals surface area contributed by atoms with E-state index >= 15 is 0 Å². The molecule has 0 aliphatic heterocycles. The molecule has 0 saturated heterocycles. The molecular formula is C25H14OS. The van der Waals surface area contributed by atoms with Crippen LogP contribution in [0.2, 0.25) is 0 Å². The molecule has 0 saturated carbocycles. The minimum Gasteiger partial charge on any atom is -0.288 e. The van der Waals surface area contributed by atoms with Crippen molar-refractivity contribution >= 4 is 63.8 Å². The first-order valence-electron chi connectivity index (χ1n) is 8.99. The van der Waals surface area contributed by atoms with Gasteiger partial charge in [-0.3, -0.25) is 4.79 Å². The van der Waals surface area contributed by atoms with Gasteiger partial charge in [0.2, 0.25) is 0 Å².